The highest BCUT2D eigenvalue weighted by Gasteiger charge is 2.28. The van der Waals surface area contributed by atoms with Crippen LogP contribution in [0.2, 0.25) is 0 Å². The van der Waals surface area contributed by atoms with Gasteiger partial charge >= 0.3 is 5.69 Å². The number of carbonyl (C=O) groups is 1. The highest BCUT2D eigenvalue weighted by Crippen LogP contribution is 2.35. The third-order valence-electron chi connectivity index (χ3n) is 5.67. The number of nitrogens with one attached hydrogen (secondary N) is 1. The minimum absolute atomic E-state index is 0.0892. The normalized spacial score (nSPS) is 12.8. The van der Waals surface area contributed by atoms with Gasteiger partial charge in [-0.15, -0.1) is 0 Å². The van der Waals surface area contributed by atoms with Gasteiger partial charge in [-0.25, -0.2) is 0 Å². The summed E-state index contributed by atoms with van der Waals surface area (Å²) in [5.41, 5.74) is 3.87. The topological polar surface area (TPSA) is 119 Å². The summed E-state index contributed by atoms with van der Waals surface area (Å²) in [7, 11) is 0. The van der Waals surface area contributed by atoms with Gasteiger partial charge in [-0.3, -0.25) is 24.2 Å². The number of aromatic nitrogens is 3. The lowest BCUT2D eigenvalue weighted by Gasteiger charge is -2.17. The second-order valence-electron chi connectivity index (χ2n) is 7.62. The highest BCUT2D eigenvalue weighted by molar-refractivity contribution is 5.92. The molecule has 0 spiro atoms. The molecule has 1 N–H and O–H groups in total. The Kier molecular flexibility index (Phi) is 5.29. The summed E-state index contributed by atoms with van der Waals surface area (Å²) in [6.45, 7) is 2.93. The summed E-state index contributed by atoms with van der Waals surface area (Å²) in [5, 5.41) is 28.2. The van der Waals surface area contributed by atoms with Gasteiger partial charge < -0.3 is 5.32 Å². The van der Waals surface area contributed by atoms with Crippen LogP contribution in [0.25, 0.3) is 5.69 Å². The molecule has 158 valence electrons. The van der Waals surface area contributed by atoms with E-state index in [4.69, 9.17) is 0 Å². The standard InChI is InChI=1S/C22H22N6O3/c1-14-21(28(30)31)15(2)26(25-14)13-20(29)24-22-18(12-23)17-10-6-7-11-19(17)27(22)16-8-4-3-5-9-16/h3-5,8-9H,6-7,10-11,13H2,1-2H3,(H,24,29). The molecule has 0 unspecified atom stereocenters. The largest absolute Gasteiger partial charge is 0.312 e. The molecule has 9 nitrogen and oxygen atoms in total. The first-order chi connectivity index (χ1) is 14.9. The van der Waals surface area contributed by atoms with Crippen molar-refractivity contribution in [1.82, 2.24) is 14.3 Å². The van der Waals surface area contributed by atoms with Crippen LogP contribution in [0.1, 0.15) is 41.1 Å². The molecule has 0 atom stereocenters. The molecule has 4 rings (SSSR count). The number of aryl methyl sites for hydroxylation is 1. The second kappa shape index (κ2) is 8.07. The van der Waals surface area contributed by atoms with Crippen LogP contribution in [0.3, 0.4) is 0 Å². The van der Waals surface area contributed by atoms with Crippen LogP contribution in [-0.4, -0.2) is 25.2 Å². The molecular formula is C22H22N6O3. The Balaban J connectivity index is 1.73. The molecule has 0 saturated carbocycles. The number of rotatable bonds is 5. The van der Waals surface area contributed by atoms with E-state index in [0.29, 0.717) is 17.1 Å². The van der Waals surface area contributed by atoms with Gasteiger partial charge in [0.2, 0.25) is 5.91 Å². The number of benzene rings is 1. The van der Waals surface area contributed by atoms with Gasteiger partial charge in [0.25, 0.3) is 0 Å². The molecule has 0 fully saturated rings. The number of nitrogens with zero attached hydrogens (tertiary/aromatic N) is 5. The number of hydrogen-bond donors (Lipinski definition) is 1. The van der Waals surface area contributed by atoms with Crippen molar-refractivity contribution >= 4 is 17.4 Å². The average Bonchev–Trinajstić information content (AvgIpc) is 3.21. The molecule has 31 heavy (non-hydrogen) atoms. The maximum Gasteiger partial charge on any atom is 0.312 e. The Morgan fingerprint density at radius 2 is 1.97 bits per heavy atom. The number of nitriles is 1. The zero-order chi connectivity index (χ0) is 22.1. The molecule has 1 aliphatic rings. The predicted octanol–water partition coefficient (Wildman–Crippen LogP) is 3.59. The summed E-state index contributed by atoms with van der Waals surface area (Å²) in [6, 6.07) is 11.9. The third-order valence-corrected chi connectivity index (χ3v) is 5.67. The molecule has 0 radical (unpaired) electrons. The first kappa shape index (κ1) is 20.3. The van der Waals surface area contributed by atoms with Gasteiger partial charge in [-0.05, 0) is 57.2 Å². The summed E-state index contributed by atoms with van der Waals surface area (Å²) < 4.78 is 3.28. The minimum atomic E-state index is -0.492. The van der Waals surface area contributed by atoms with Crippen molar-refractivity contribution in [3.63, 3.8) is 0 Å². The Hall–Kier alpha value is -3.93. The monoisotopic (exact) mass is 418 g/mol. The molecule has 3 aromatic rings. The van der Waals surface area contributed by atoms with E-state index < -0.39 is 10.8 Å². The number of anilines is 1. The lowest BCUT2D eigenvalue weighted by atomic mass is 9.95. The van der Waals surface area contributed by atoms with Crippen LogP contribution in [0, 0.1) is 35.3 Å². The van der Waals surface area contributed by atoms with Crippen molar-refractivity contribution in [2.24, 2.45) is 0 Å². The number of nitro groups is 1. The third kappa shape index (κ3) is 3.57. The van der Waals surface area contributed by atoms with E-state index in [2.05, 4.69) is 16.5 Å². The smallest absolute Gasteiger partial charge is 0.309 e. The van der Waals surface area contributed by atoms with E-state index in [0.717, 1.165) is 42.6 Å². The van der Waals surface area contributed by atoms with Gasteiger partial charge in [-0.1, -0.05) is 18.2 Å². The van der Waals surface area contributed by atoms with Crippen LogP contribution < -0.4 is 5.32 Å². The lowest BCUT2D eigenvalue weighted by molar-refractivity contribution is -0.386. The zero-order valence-corrected chi connectivity index (χ0v) is 17.4. The molecule has 2 aromatic heterocycles. The van der Waals surface area contributed by atoms with Crippen LogP contribution in [0.15, 0.2) is 30.3 Å². The van der Waals surface area contributed by atoms with Gasteiger partial charge in [-0.2, -0.15) is 10.4 Å². The quantitative estimate of drug-likeness (QED) is 0.502. The molecule has 1 aliphatic carbocycles. The lowest BCUT2D eigenvalue weighted by Crippen LogP contribution is -2.22. The zero-order valence-electron chi connectivity index (χ0n) is 17.4. The van der Waals surface area contributed by atoms with Gasteiger partial charge in [0.15, 0.2) is 0 Å². The van der Waals surface area contributed by atoms with Gasteiger partial charge in [0.1, 0.15) is 29.8 Å². The van der Waals surface area contributed by atoms with E-state index in [9.17, 15) is 20.2 Å². The fourth-order valence-electron chi connectivity index (χ4n) is 4.31. The summed E-state index contributed by atoms with van der Waals surface area (Å²) in [4.78, 5) is 23.7. The summed E-state index contributed by atoms with van der Waals surface area (Å²) >= 11 is 0. The number of fused-ring (bicyclic) bond motifs is 1. The summed E-state index contributed by atoms with van der Waals surface area (Å²) in [6.07, 6.45) is 3.66. The first-order valence-corrected chi connectivity index (χ1v) is 10.1. The maximum absolute atomic E-state index is 12.9. The van der Waals surface area contributed by atoms with Crippen LogP contribution in [-0.2, 0) is 24.2 Å². The van der Waals surface area contributed by atoms with E-state index in [1.807, 2.05) is 34.9 Å². The van der Waals surface area contributed by atoms with Crippen molar-refractivity contribution < 1.29 is 9.72 Å². The van der Waals surface area contributed by atoms with E-state index in [1.54, 1.807) is 13.8 Å². The molecule has 1 amide bonds. The Morgan fingerprint density at radius 3 is 2.61 bits per heavy atom. The molecule has 0 saturated heterocycles. The molecule has 1 aromatic carbocycles. The fourth-order valence-corrected chi connectivity index (χ4v) is 4.31. The van der Waals surface area contributed by atoms with Crippen molar-refractivity contribution in [2.75, 3.05) is 5.32 Å². The van der Waals surface area contributed by atoms with Gasteiger partial charge in [0.05, 0.1) is 10.5 Å². The van der Waals surface area contributed by atoms with Crippen molar-refractivity contribution in [3.8, 4) is 11.8 Å². The Labute approximate surface area is 179 Å². The molecule has 0 aliphatic heterocycles. The number of para-hydroxylation sites is 1. The number of hydrogen-bond acceptors (Lipinski definition) is 5. The van der Waals surface area contributed by atoms with E-state index in [1.165, 1.54) is 4.68 Å². The van der Waals surface area contributed by atoms with Crippen molar-refractivity contribution in [3.05, 3.63) is 68.7 Å². The van der Waals surface area contributed by atoms with Crippen LogP contribution in [0.4, 0.5) is 11.5 Å². The fraction of sp³-hybridized carbons (Fsp3) is 0.318. The minimum Gasteiger partial charge on any atom is -0.309 e. The Bertz CT molecular complexity index is 1220. The molecule has 2 heterocycles. The molecular weight excluding hydrogens is 396 g/mol. The van der Waals surface area contributed by atoms with Gasteiger partial charge in [0, 0.05) is 11.4 Å². The number of carbonyl (C=O) groups excluding carboxylic acids is 1. The van der Waals surface area contributed by atoms with E-state index in [-0.39, 0.29) is 17.9 Å². The first-order valence-electron chi connectivity index (χ1n) is 10.1. The SMILES string of the molecule is Cc1nn(CC(=O)Nc2c(C#N)c3c(n2-c2ccccc2)CCCC3)c(C)c1[N+](=O)[O-]. The summed E-state index contributed by atoms with van der Waals surface area (Å²) in [5.74, 6) is 0.0469. The highest BCUT2D eigenvalue weighted by atomic mass is 16.6. The van der Waals surface area contributed by atoms with Crippen molar-refractivity contribution in [1.29, 1.82) is 5.26 Å². The van der Waals surface area contributed by atoms with Crippen LogP contribution >= 0.6 is 0 Å². The molecule has 9 heteroatoms. The number of amides is 1. The van der Waals surface area contributed by atoms with Crippen molar-refractivity contribution in [2.45, 2.75) is 46.1 Å². The second-order valence-corrected chi connectivity index (χ2v) is 7.62. The average molecular weight is 418 g/mol. The predicted molar refractivity (Wildman–Crippen MR) is 114 cm³/mol. The maximum atomic E-state index is 12.9. The van der Waals surface area contributed by atoms with Crippen LogP contribution in [0.5, 0.6) is 0 Å². The molecule has 0 bridgehead atoms. The Morgan fingerprint density at radius 1 is 1.26 bits per heavy atom. The van der Waals surface area contributed by atoms with E-state index >= 15 is 0 Å².